The van der Waals surface area contributed by atoms with Crippen LogP contribution in [0.1, 0.15) is 11.1 Å². The van der Waals surface area contributed by atoms with Gasteiger partial charge in [0.15, 0.2) is 5.16 Å². The van der Waals surface area contributed by atoms with E-state index in [0.29, 0.717) is 27.6 Å². The summed E-state index contributed by atoms with van der Waals surface area (Å²) in [5.74, 6) is 0.806. The molecule has 0 aliphatic rings. The van der Waals surface area contributed by atoms with Crippen molar-refractivity contribution in [2.24, 2.45) is 0 Å². The van der Waals surface area contributed by atoms with Crippen molar-refractivity contribution < 1.29 is 8.42 Å². The minimum Gasteiger partial charge on any atom is -0.268 e. The summed E-state index contributed by atoms with van der Waals surface area (Å²) in [6.07, 6.45) is 1.21. The van der Waals surface area contributed by atoms with E-state index in [9.17, 15) is 13.2 Å². The van der Waals surface area contributed by atoms with Crippen LogP contribution in [0, 0.1) is 13.8 Å². The Morgan fingerprint density at radius 3 is 2.55 bits per heavy atom. The van der Waals surface area contributed by atoms with Gasteiger partial charge in [-0.15, -0.1) is 10.2 Å². The van der Waals surface area contributed by atoms with Gasteiger partial charge in [0.2, 0.25) is 5.78 Å². The van der Waals surface area contributed by atoms with Crippen LogP contribution < -0.4 is 5.56 Å². The number of fused-ring (bicyclic) bond motifs is 3. The van der Waals surface area contributed by atoms with E-state index in [1.807, 2.05) is 54.6 Å². The molecule has 0 fully saturated rings. The smallest absolute Gasteiger partial charge is 0.267 e. The quantitative estimate of drug-likeness (QED) is 0.454. The van der Waals surface area contributed by atoms with Crippen LogP contribution in [-0.2, 0) is 9.84 Å². The summed E-state index contributed by atoms with van der Waals surface area (Å²) in [6.45, 7) is 3.96. The molecule has 0 N–H and O–H groups in total. The molecular formula is C20H20N4O3S2. The Morgan fingerprint density at radius 2 is 1.83 bits per heavy atom. The molecule has 4 rings (SSSR count). The SMILES string of the molecule is Cc1ccc(-n2c(=O)c3ccccc3n3c(SCCS(C)(=O)=O)nnc23)c(C)c1. The van der Waals surface area contributed by atoms with Crippen molar-refractivity contribution in [3.8, 4) is 5.69 Å². The first kappa shape index (κ1) is 19.7. The van der Waals surface area contributed by atoms with Crippen molar-refractivity contribution >= 4 is 38.3 Å². The first-order chi connectivity index (χ1) is 13.8. The second kappa shape index (κ2) is 7.31. The van der Waals surface area contributed by atoms with E-state index >= 15 is 0 Å². The third-order valence-corrected chi connectivity index (χ3v) is 6.81. The molecule has 0 unspecified atom stereocenters. The molecule has 2 aromatic heterocycles. The summed E-state index contributed by atoms with van der Waals surface area (Å²) < 4.78 is 26.4. The van der Waals surface area contributed by atoms with Crippen LogP contribution in [-0.4, -0.2) is 45.3 Å². The Kier molecular flexibility index (Phi) is 4.95. The summed E-state index contributed by atoms with van der Waals surface area (Å²) in [7, 11) is -3.07. The highest BCUT2D eigenvalue weighted by Gasteiger charge is 2.19. The van der Waals surface area contributed by atoms with E-state index < -0.39 is 9.84 Å². The van der Waals surface area contributed by atoms with Crippen LogP contribution in [0.25, 0.3) is 22.4 Å². The lowest BCUT2D eigenvalue weighted by atomic mass is 10.1. The van der Waals surface area contributed by atoms with Crippen LogP contribution in [0.15, 0.2) is 52.4 Å². The molecule has 7 nitrogen and oxygen atoms in total. The summed E-state index contributed by atoms with van der Waals surface area (Å²) in [4.78, 5) is 13.3. The normalized spacial score (nSPS) is 12.1. The molecule has 0 radical (unpaired) electrons. The summed E-state index contributed by atoms with van der Waals surface area (Å²) >= 11 is 1.31. The van der Waals surface area contributed by atoms with E-state index in [2.05, 4.69) is 10.2 Å². The zero-order valence-corrected chi connectivity index (χ0v) is 17.9. The number of para-hydroxylation sites is 1. The minimum atomic E-state index is -3.07. The van der Waals surface area contributed by atoms with Gasteiger partial charge in [-0.3, -0.25) is 9.20 Å². The molecule has 0 aliphatic heterocycles. The third kappa shape index (κ3) is 3.67. The maximum absolute atomic E-state index is 13.3. The predicted octanol–water partition coefficient (Wildman–Crippen LogP) is 2.79. The number of benzene rings is 2. The van der Waals surface area contributed by atoms with Gasteiger partial charge < -0.3 is 0 Å². The molecule has 4 aromatic rings. The Labute approximate surface area is 172 Å². The highest BCUT2D eigenvalue weighted by molar-refractivity contribution is 8.00. The number of hydrogen-bond donors (Lipinski definition) is 0. The van der Waals surface area contributed by atoms with Gasteiger partial charge in [-0.2, -0.15) is 0 Å². The van der Waals surface area contributed by atoms with E-state index in [0.717, 1.165) is 16.8 Å². The maximum Gasteiger partial charge on any atom is 0.267 e. The zero-order valence-electron chi connectivity index (χ0n) is 16.3. The summed E-state index contributed by atoms with van der Waals surface area (Å²) in [6, 6.07) is 13.2. The van der Waals surface area contributed by atoms with Crippen LogP contribution in [0.5, 0.6) is 0 Å². The van der Waals surface area contributed by atoms with Crippen LogP contribution in [0.3, 0.4) is 0 Å². The van der Waals surface area contributed by atoms with Crippen molar-refractivity contribution in [2.45, 2.75) is 19.0 Å². The number of thioether (sulfide) groups is 1. The fourth-order valence-corrected chi connectivity index (χ4v) is 5.46. The molecule has 0 saturated heterocycles. The van der Waals surface area contributed by atoms with Crippen molar-refractivity contribution in [1.82, 2.24) is 19.2 Å². The highest BCUT2D eigenvalue weighted by atomic mass is 32.2. The van der Waals surface area contributed by atoms with Crippen LogP contribution in [0.2, 0.25) is 0 Å². The molecule has 0 aliphatic carbocycles. The van der Waals surface area contributed by atoms with Crippen molar-refractivity contribution in [2.75, 3.05) is 17.8 Å². The minimum absolute atomic E-state index is 0.0429. The maximum atomic E-state index is 13.3. The van der Waals surface area contributed by atoms with Gasteiger partial charge in [0.25, 0.3) is 5.56 Å². The number of nitrogens with zero attached hydrogens (tertiary/aromatic N) is 4. The van der Waals surface area contributed by atoms with E-state index in [-0.39, 0.29) is 11.3 Å². The first-order valence-corrected chi connectivity index (χ1v) is 12.1. The number of aromatic nitrogens is 4. The number of sulfone groups is 1. The van der Waals surface area contributed by atoms with Gasteiger partial charge in [0.1, 0.15) is 9.84 Å². The number of aryl methyl sites for hydroxylation is 2. The second-order valence-electron chi connectivity index (χ2n) is 7.04. The highest BCUT2D eigenvalue weighted by Crippen LogP contribution is 2.24. The summed E-state index contributed by atoms with van der Waals surface area (Å²) in [5, 5.41) is 9.65. The third-order valence-electron chi connectivity index (χ3n) is 4.67. The van der Waals surface area contributed by atoms with Gasteiger partial charge in [-0.25, -0.2) is 13.0 Å². The number of hydrogen-bond acceptors (Lipinski definition) is 6. The van der Waals surface area contributed by atoms with Crippen molar-refractivity contribution in [3.63, 3.8) is 0 Å². The molecule has 9 heteroatoms. The number of rotatable bonds is 5. The van der Waals surface area contributed by atoms with Gasteiger partial charge >= 0.3 is 0 Å². The monoisotopic (exact) mass is 428 g/mol. The lowest BCUT2D eigenvalue weighted by Gasteiger charge is -2.13. The molecule has 2 aromatic carbocycles. The Bertz CT molecular complexity index is 1400. The van der Waals surface area contributed by atoms with E-state index in [1.54, 1.807) is 10.6 Å². The molecule has 29 heavy (non-hydrogen) atoms. The van der Waals surface area contributed by atoms with E-state index in [4.69, 9.17) is 0 Å². The zero-order chi connectivity index (χ0) is 20.8. The standard InChI is InChI=1S/C20H20N4O3S2/c1-13-8-9-16(14(2)12-13)23-18(25)15-6-4-5-7-17(15)24-19(23)21-22-20(24)28-10-11-29(3,26)27/h4-9,12H,10-11H2,1-3H3. The predicted molar refractivity (Wildman–Crippen MR) is 116 cm³/mol. The molecule has 0 spiro atoms. The summed E-state index contributed by atoms with van der Waals surface area (Å²) in [5.41, 5.74) is 3.34. The average molecular weight is 429 g/mol. The molecule has 2 heterocycles. The van der Waals surface area contributed by atoms with Gasteiger partial charge in [0, 0.05) is 12.0 Å². The lowest BCUT2D eigenvalue weighted by Crippen LogP contribution is -2.22. The van der Waals surface area contributed by atoms with E-state index in [1.165, 1.54) is 18.0 Å². The molecule has 0 amide bonds. The van der Waals surface area contributed by atoms with Gasteiger partial charge in [-0.1, -0.05) is 41.6 Å². The largest absolute Gasteiger partial charge is 0.268 e. The fourth-order valence-electron chi connectivity index (χ4n) is 3.33. The van der Waals surface area contributed by atoms with Crippen LogP contribution >= 0.6 is 11.8 Å². The molecule has 0 saturated carbocycles. The van der Waals surface area contributed by atoms with Crippen molar-refractivity contribution in [1.29, 1.82) is 0 Å². The Hall–Kier alpha value is -2.65. The Morgan fingerprint density at radius 1 is 1.07 bits per heavy atom. The average Bonchev–Trinajstić information content (AvgIpc) is 3.06. The van der Waals surface area contributed by atoms with Crippen LogP contribution in [0.4, 0.5) is 0 Å². The first-order valence-electron chi connectivity index (χ1n) is 9.03. The topological polar surface area (TPSA) is 86.3 Å². The molecule has 0 bridgehead atoms. The van der Waals surface area contributed by atoms with Gasteiger partial charge in [-0.05, 0) is 37.6 Å². The molecule has 0 atom stereocenters. The lowest BCUT2D eigenvalue weighted by molar-refractivity contribution is 0.603. The van der Waals surface area contributed by atoms with Gasteiger partial charge in [0.05, 0.1) is 22.3 Å². The molecule has 150 valence electrons. The molecular weight excluding hydrogens is 408 g/mol. The second-order valence-corrected chi connectivity index (χ2v) is 10.4. The Balaban J connectivity index is 1.99. The van der Waals surface area contributed by atoms with Crippen molar-refractivity contribution in [3.05, 3.63) is 63.9 Å². The fraction of sp³-hybridized carbons (Fsp3) is 0.250.